The number of carbonyl (C=O) groups is 1. The average molecular weight is 191 g/mol. The normalized spacial score (nSPS) is 6.86. The summed E-state index contributed by atoms with van der Waals surface area (Å²) in [7, 11) is 0. The minimum Gasteiger partial charge on any atom is -0.478 e. The Morgan fingerprint density at radius 2 is 1.71 bits per heavy atom. The first-order chi connectivity index (χ1) is 6.54. The molecule has 0 aliphatic carbocycles. The highest BCUT2D eigenvalue weighted by Crippen LogP contribution is 2.05. The molecule has 0 spiro atoms. The molecule has 0 bridgehead atoms. The van der Waals surface area contributed by atoms with E-state index in [0.29, 0.717) is 5.57 Å². The maximum absolute atomic E-state index is 10.3. The van der Waals surface area contributed by atoms with E-state index in [2.05, 4.69) is 19.7 Å². The van der Waals surface area contributed by atoms with E-state index in [9.17, 15) is 4.79 Å². The van der Waals surface area contributed by atoms with Gasteiger partial charge in [-0.05, 0) is 12.5 Å². The highest BCUT2D eigenvalue weighted by Gasteiger charge is 2.02. The molecular weight excluding hydrogens is 178 g/mol. The number of rotatable bonds is 3. The van der Waals surface area contributed by atoms with Crippen LogP contribution in [0, 0.1) is 11.3 Å². The molecule has 3 heteroatoms. The van der Waals surface area contributed by atoms with Crippen LogP contribution in [0.1, 0.15) is 6.92 Å². The van der Waals surface area contributed by atoms with Gasteiger partial charge in [-0.3, -0.25) is 0 Å². The van der Waals surface area contributed by atoms with Gasteiger partial charge in [-0.25, -0.2) is 4.79 Å². The van der Waals surface area contributed by atoms with Crippen LogP contribution in [-0.2, 0) is 4.79 Å². The van der Waals surface area contributed by atoms with Crippen LogP contribution in [-0.4, -0.2) is 11.1 Å². The molecule has 0 aliphatic rings. The van der Waals surface area contributed by atoms with Crippen molar-refractivity contribution in [3.05, 3.63) is 49.1 Å². The van der Waals surface area contributed by atoms with Crippen LogP contribution in [0.25, 0.3) is 0 Å². The van der Waals surface area contributed by atoms with Gasteiger partial charge in [0.1, 0.15) is 0 Å². The van der Waals surface area contributed by atoms with Crippen molar-refractivity contribution in [2.24, 2.45) is 0 Å². The minimum atomic E-state index is -0.935. The summed E-state index contributed by atoms with van der Waals surface area (Å²) in [5.41, 5.74) is 0.831. The first-order valence-electron chi connectivity index (χ1n) is 3.74. The molecule has 74 valence electrons. The average Bonchev–Trinajstić information content (AvgIpc) is 2.19. The van der Waals surface area contributed by atoms with Crippen molar-refractivity contribution in [1.82, 2.24) is 0 Å². The Morgan fingerprint density at radius 3 is 1.79 bits per heavy atom. The summed E-state index contributed by atoms with van der Waals surface area (Å²) in [6, 6.07) is 1.69. The Bertz CT molecular complexity index is 296. The molecule has 0 amide bonds. The van der Waals surface area contributed by atoms with Gasteiger partial charge < -0.3 is 5.11 Å². The van der Waals surface area contributed by atoms with E-state index < -0.39 is 5.97 Å². The van der Waals surface area contributed by atoms with Crippen LogP contribution in [0.4, 0.5) is 0 Å². The summed E-state index contributed by atoms with van der Waals surface area (Å²) in [4.78, 5) is 10.3. The van der Waals surface area contributed by atoms with Gasteiger partial charge in [0.15, 0.2) is 0 Å². The summed E-state index contributed by atoms with van der Waals surface area (Å²) in [6.07, 6.45) is 4.12. The molecule has 1 N–H and O–H groups in total. The third-order valence-electron chi connectivity index (χ3n) is 1.28. The summed E-state index contributed by atoms with van der Waals surface area (Å²) < 4.78 is 0. The van der Waals surface area contributed by atoms with E-state index in [4.69, 9.17) is 10.4 Å². The zero-order valence-corrected chi connectivity index (χ0v) is 8.16. The lowest BCUT2D eigenvalue weighted by Gasteiger charge is -1.95. The number of hydrogen-bond acceptors (Lipinski definition) is 2. The number of allylic oxidation sites excluding steroid dienone is 4. The Labute approximate surface area is 84.0 Å². The quantitative estimate of drug-likeness (QED) is 0.423. The second-order valence-electron chi connectivity index (χ2n) is 2.13. The molecule has 0 fully saturated rings. The molecule has 0 aliphatic heterocycles. The number of aliphatic carboxylic acids is 1. The SMILES string of the molecule is C=CC#N.C=CC(C=C)=C(C)C(=O)O. The largest absolute Gasteiger partial charge is 0.478 e. The van der Waals surface area contributed by atoms with Crippen LogP contribution in [0.15, 0.2) is 49.1 Å². The number of carboxylic acids is 1. The Balaban J connectivity index is 0. The lowest BCUT2D eigenvalue weighted by molar-refractivity contribution is -0.132. The Morgan fingerprint density at radius 1 is 1.36 bits per heavy atom. The van der Waals surface area contributed by atoms with Gasteiger partial charge in [-0.15, -0.1) is 0 Å². The van der Waals surface area contributed by atoms with Crippen molar-refractivity contribution in [3.63, 3.8) is 0 Å². The molecule has 0 aromatic rings. The van der Waals surface area contributed by atoms with Gasteiger partial charge in [-0.1, -0.05) is 31.9 Å². The summed E-state index contributed by atoms with van der Waals surface area (Å²) in [5, 5.41) is 16.0. The molecule has 0 saturated carbocycles. The number of nitriles is 1. The molecule has 0 unspecified atom stereocenters. The van der Waals surface area contributed by atoms with E-state index in [1.54, 1.807) is 6.07 Å². The van der Waals surface area contributed by atoms with Crippen LogP contribution >= 0.6 is 0 Å². The lowest BCUT2D eigenvalue weighted by atomic mass is 10.1. The maximum atomic E-state index is 10.3. The molecule has 0 aromatic carbocycles. The second-order valence-corrected chi connectivity index (χ2v) is 2.13. The molecule has 14 heavy (non-hydrogen) atoms. The Hall–Kier alpha value is -2.08. The van der Waals surface area contributed by atoms with E-state index in [0.717, 1.165) is 0 Å². The predicted octanol–water partition coefficient (Wildman–Crippen LogP) is 2.46. The van der Waals surface area contributed by atoms with Crippen molar-refractivity contribution >= 4 is 5.97 Å². The maximum Gasteiger partial charge on any atom is 0.331 e. The lowest BCUT2D eigenvalue weighted by Crippen LogP contribution is -1.98. The fourth-order valence-electron chi connectivity index (χ4n) is 0.513. The summed E-state index contributed by atoms with van der Waals surface area (Å²) in [6.45, 7) is 11.5. The van der Waals surface area contributed by atoms with Crippen LogP contribution < -0.4 is 0 Å². The van der Waals surface area contributed by atoms with Gasteiger partial charge in [-0.2, -0.15) is 5.26 Å². The third kappa shape index (κ3) is 6.62. The summed E-state index contributed by atoms with van der Waals surface area (Å²) in [5.74, 6) is -0.935. The van der Waals surface area contributed by atoms with E-state index >= 15 is 0 Å². The van der Waals surface area contributed by atoms with Crippen molar-refractivity contribution < 1.29 is 9.90 Å². The third-order valence-corrected chi connectivity index (χ3v) is 1.28. The molecular formula is C11H13NO2. The molecule has 0 atom stereocenters. The van der Waals surface area contributed by atoms with Gasteiger partial charge in [0.25, 0.3) is 0 Å². The zero-order valence-electron chi connectivity index (χ0n) is 8.16. The first-order valence-corrected chi connectivity index (χ1v) is 3.74. The zero-order chi connectivity index (χ0) is 11.6. The second kappa shape index (κ2) is 9.01. The number of carboxylic acid groups (broad SMARTS) is 1. The summed E-state index contributed by atoms with van der Waals surface area (Å²) >= 11 is 0. The first kappa shape index (κ1) is 14.4. The Kier molecular flexibility index (Phi) is 9.30. The fourth-order valence-corrected chi connectivity index (χ4v) is 0.513. The van der Waals surface area contributed by atoms with E-state index in [1.165, 1.54) is 25.2 Å². The highest BCUT2D eigenvalue weighted by atomic mass is 16.4. The standard InChI is InChI=1S/C8H10O2.C3H3N/c1-4-7(5-2)6(3)8(9)10;1-2-3-4/h4-5H,1-2H2,3H3,(H,9,10);2H,1H2. The molecule has 0 rings (SSSR count). The van der Waals surface area contributed by atoms with Gasteiger partial charge in [0, 0.05) is 11.6 Å². The van der Waals surface area contributed by atoms with Crippen LogP contribution in [0.3, 0.4) is 0 Å². The van der Waals surface area contributed by atoms with Crippen LogP contribution in [0.2, 0.25) is 0 Å². The van der Waals surface area contributed by atoms with Gasteiger partial charge in [0.2, 0.25) is 0 Å². The highest BCUT2D eigenvalue weighted by molar-refractivity contribution is 5.88. The molecule has 3 nitrogen and oxygen atoms in total. The monoisotopic (exact) mass is 191 g/mol. The van der Waals surface area contributed by atoms with Crippen molar-refractivity contribution in [1.29, 1.82) is 5.26 Å². The smallest absolute Gasteiger partial charge is 0.331 e. The molecule has 0 heterocycles. The van der Waals surface area contributed by atoms with Gasteiger partial charge >= 0.3 is 5.97 Å². The number of nitrogens with zero attached hydrogens (tertiary/aromatic N) is 1. The molecule has 0 aromatic heterocycles. The molecule has 0 saturated heterocycles. The fraction of sp³-hybridized carbons (Fsp3) is 0.0909. The van der Waals surface area contributed by atoms with Crippen molar-refractivity contribution in [2.75, 3.05) is 0 Å². The predicted molar refractivity (Wildman–Crippen MR) is 56.5 cm³/mol. The van der Waals surface area contributed by atoms with E-state index in [-0.39, 0.29) is 5.57 Å². The number of hydrogen-bond donors (Lipinski definition) is 1. The minimum absolute atomic E-state index is 0.269. The topological polar surface area (TPSA) is 61.1 Å². The van der Waals surface area contributed by atoms with Gasteiger partial charge in [0.05, 0.1) is 6.07 Å². The van der Waals surface area contributed by atoms with E-state index in [1.807, 2.05) is 0 Å². The van der Waals surface area contributed by atoms with Crippen LogP contribution in [0.5, 0.6) is 0 Å². The molecule has 0 radical (unpaired) electrons. The van der Waals surface area contributed by atoms with Crippen molar-refractivity contribution in [3.8, 4) is 6.07 Å². The van der Waals surface area contributed by atoms with Crippen molar-refractivity contribution in [2.45, 2.75) is 6.92 Å².